The highest BCUT2D eigenvalue weighted by atomic mass is 16.5. The molecule has 2 rings (SSSR count). The molecule has 76 valence electrons. The van der Waals surface area contributed by atoms with E-state index in [0.717, 1.165) is 38.4 Å². The lowest BCUT2D eigenvalue weighted by Crippen LogP contribution is -2.25. The number of nitrogen functional groups attached to an aromatic ring is 1. The number of nitrogens with zero attached hydrogens (tertiary/aromatic N) is 2. The van der Waals surface area contributed by atoms with Crippen molar-refractivity contribution in [1.82, 2.24) is 4.98 Å². The van der Waals surface area contributed by atoms with Crippen molar-refractivity contribution >= 4 is 11.5 Å². The second-order valence-electron chi connectivity index (χ2n) is 3.39. The van der Waals surface area contributed by atoms with E-state index >= 15 is 0 Å². The summed E-state index contributed by atoms with van der Waals surface area (Å²) in [5.41, 5.74) is 6.78. The van der Waals surface area contributed by atoms with Crippen molar-refractivity contribution in [2.45, 2.75) is 6.42 Å². The summed E-state index contributed by atoms with van der Waals surface area (Å²) >= 11 is 0. The summed E-state index contributed by atoms with van der Waals surface area (Å²) in [6.45, 7) is 3.62. The van der Waals surface area contributed by atoms with Crippen molar-refractivity contribution in [3.63, 3.8) is 0 Å². The molecular weight excluding hydrogens is 178 g/mol. The maximum Gasteiger partial charge on any atom is 0.125 e. The standard InChI is InChI=1S/C10H15N3O/c11-10-8-9(2-3-12-10)13-4-1-6-14-7-5-13/h2-3,8H,1,4-7H2,(H2,11,12). The topological polar surface area (TPSA) is 51.4 Å². The van der Waals surface area contributed by atoms with Gasteiger partial charge in [-0.15, -0.1) is 0 Å². The van der Waals surface area contributed by atoms with Crippen LogP contribution in [0, 0.1) is 0 Å². The number of pyridine rings is 1. The Balaban J connectivity index is 2.12. The number of anilines is 2. The average molecular weight is 193 g/mol. The minimum absolute atomic E-state index is 0.577. The van der Waals surface area contributed by atoms with E-state index in [1.807, 2.05) is 12.1 Å². The number of ether oxygens (including phenoxy) is 1. The number of hydrogen-bond donors (Lipinski definition) is 1. The van der Waals surface area contributed by atoms with Crippen molar-refractivity contribution in [1.29, 1.82) is 0 Å². The third kappa shape index (κ3) is 2.14. The second kappa shape index (κ2) is 4.28. The fourth-order valence-corrected chi connectivity index (χ4v) is 1.64. The molecule has 1 saturated heterocycles. The van der Waals surface area contributed by atoms with Crippen molar-refractivity contribution in [2.24, 2.45) is 0 Å². The molecule has 0 radical (unpaired) electrons. The summed E-state index contributed by atoms with van der Waals surface area (Å²) in [6, 6.07) is 3.90. The van der Waals surface area contributed by atoms with Crippen LogP contribution < -0.4 is 10.6 Å². The van der Waals surface area contributed by atoms with Gasteiger partial charge in [-0.25, -0.2) is 4.98 Å². The van der Waals surface area contributed by atoms with E-state index in [4.69, 9.17) is 10.5 Å². The number of aromatic nitrogens is 1. The van der Waals surface area contributed by atoms with Crippen LogP contribution in [0.15, 0.2) is 18.3 Å². The van der Waals surface area contributed by atoms with E-state index in [2.05, 4.69) is 9.88 Å². The highest BCUT2D eigenvalue weighted by Crippen LogP contribution is 2.16. The summed E-state index contributed by atoms with van der Waals surface area (Å²) < 4.78 is 5.39. The molecule has 1 fully saturated rings. The Bertz CT molecular complexity index is 295. The molecule has 0 bridgehead atoms. The van der Waals surface area contributed by atoms with Gasteiger partial charge in [0, 0.05) is 37.6 Å². The molecule has 2 N–H and O–H groups in total. The lowest BCUT2D eigenvalue weighted by atomic mass is 10.3. The van der Waals surface area contributed by atoms with Gasteiger partial charge in [0.25, 0.3) is 0 Å². The van der Waals surface area contributed by atoms with Crippen LogP contribution in [0.25, 0.3) is 0 Å². The molecule has 0 atom stereocenters. The third-order valence-corrected chi connectivity index (χ3v) is 2.35. The third-order valence-electron chi connectivity index (χ3n) is 2.35. The Morgan fingerprint density at radius 3 is 3.14 bits per heavy atom. The predicted octanol–water partition coefficient (Wildman–Crippen LogP) is 0.890. The van der Waals surface area contributed by atoms with Crippen LogP contribution in [0.5, 0.6) is 0 Å². The Morgan fingerprint density at radius 2 is 2.29 bits per heavy atom. The first kappa shape index (κ1) is 9.27. The summed E-state index contributed by atoms with van der Waals surface area (Å²) in [5, 5.41) is 0. The smallest absolute Gasteiger partial charge is 0.125 e. The molecule has 2 heterocycles. The maximum atomic E-state index is 5.64. The number of rotatable bonds is 1. The summed E-state index contributed by atoms with van der Waals surface area (Å²) in [4.78, 5) is 6.26. The molecule has 0 spiro atoms. The fraction of sp³-hybridized carbons (Fsp3) is 0.500. The molecule has 0 amide bonds. The number of hydrogen-bond acceptors (Lipinski definition) is 4. The normalized spacial score (nSPS) is 17.9. The zero-order chi connectivity index (χ0) is 9.80. The van der Waals surface area contributed by atoms with Gasteiger partial charge in [0.1, 0.15) is 5.82 Å². The van der Waals surface area contributed by atoms with Gasteiger partial charge in [0.15, 0.2) is 0 Å². The van der Waals surface area contributed by atoms with Crippen LogP contribution in [0.4, 0.5) is 11.5 Å². The first-order chi connectivity index (χ1) is 6.86. The van der Waals surface area contributed by atoms with Crippen LogP contribution in [-0.2, 0) is 4.74 Å². The first-order valence-electron chi connectivity index (χ1n) is 4.90. The van der Waals surface area contributed by atoms with Crippen LogP contribution >= 0.6 is 0 Å². The minimum atomic E-state index is 0.577. The molecule has 4 nitrogen and oxygen atoms in total. The molecule has 14 heavy (non-hydrogen) atoms. The minimum Gasteiger partial charge on any atom is -0.384 e. The van der Waals surface area contributed by atoms with E-state index in [0.29, 0.717) is 5.82 Å². The Kier molecular flexibility index (Phi) is 2.84. The lowest BCUT2D eigenvalue weighted by Gasteiger charge is -2.21. The van der Waals surface area contributed by atoms with E-state index in [9.17, 15) is 0 Å². The highest BCUT2D eigenvalue weighted by Gasteiger charge is 2.09. The van der Waals surface area contributed by atoms with Gasteiger partial charge in [-0.3, -0.25) is 0 Å². The molecule has 1 aromatic heterocycles. The predicted molar refractivity (Wildman–Crippen MR) is 56.3 cm³/mol. The molecule has 0 saturated carbocycles. The molecule has 1 aliphatic rings. The van der Waals surface area contributed by atoms with Crippen LogP contribution in [0.2, 0.25) is 0 Å². The van der Waals surface area contributed by atoms with Crippen molar-refractivity contribution in [2.75, 3.05) is 36.9 Å². The highest BCUT2D eigenvalue weighted by molar-refractivity contribution is 5.52. The lowest BCUT2D eigenvalue weighted by molar-refractivity contribution is 0.152. The quantitative estimate of drug-likeness (QED) is 0.719. The van der Waals surface area contributed by atoms with Gasteiger partial charge in [-0.2, -0.15) is 0 Å². The summed E-state index contributed by atoms with van der Waals surface area (Å²) in [6.07, 6.45) is 2.82. The van der Waals surface area contributed by atoms with Crippen LogP contribution in [0.3, 0.4) is 0 Å². The molecule has 1 aromatic rings. The monoisotopic (exact) mass is 193 g/mol. The first-order valence-corrected chi connectivity index (χ1v) is 4.90. The van der Waals surface area contributed by atoms with Crippen molar-refractivity contribution in [3.8, 4) is 0 Å². The Hall–Kier alpha value is -1.29. The van der Waals surface area contributed by atoms with E-state index in [-0.39, 0.29) is 0 Å². The Morgan fingerprint density at radius 1 is 1.36 bits per heavy atom. The molecule has 0 unspecified atom stereocenters. The van der Waals surface area contributed by atoms with Gasteiger partial charge in [0.2, 0.25) is 0 Å². The molecule has 0 aliphatic carbocycles. The zero-order valence-corrected chi connectivity index (χ0v) is 8.15. The van der Waals surface area contributed by atoms with Gasteiger partial charge in [-0.05, 0) is 12.5 Å². The Labute approximate surface area is 83.7 Å². The molecule has 1 aliphatic heterocycles. The zero-order valence-electron chi connectivity index (χ0n) is 8.15. The van der Waals surface area contributed by atoms with Gasteiger partial charge >= 0.3 is 0 Å². The summed E-state index contributed by atoms with van der Waals surface area (Å²) in [7, 11) is 0. The number of nitrogens with two attached hydrogens (primary N) is 1. The van der Waals surface area contributed by atoms with Gasteiger partial charge < -0.3 is 15.4 Å². The van der Waals surface area contributed by atoms with Crippen molar-refractivity contribution in [3.05, 3.63) is 18.3 Å². The fourth-order valence-electron chi connectivity index (χ4n) is 1.64. The molecular formula is C10H15N3O. The van der Waals surface area contributed by atoms with Crippen LogP contribution in [0.1, 0.15) is 6.42 Å². The van der Waals surface area contributed by atoms with Crippen molar-refractivity contribution < 1.29 is 4.74 Å². The average Bonchev–Trinajstić information content (AvgIpc) is 2.45. The van der Waals surface area contributed by atoms with E-state index in [1.165, 1.54) is 0 Å². The van der Waals surface area contributed by atoms with E-state index < -0.39 is 0 Å². The van der Waals surface area contributed by atoms with Gasteiger partial charge in [0.05, 0.1) is 6.61 Å². The second-order valence-corrected chi connectivity index (χ2v) is 3.39. The summed E-state index contributed by atoms with van der Waals surface area (Å²) in [5.74, 6) is 0.577. The van der Waals surface area contributed by atoms with Gasteiger partial charge in [-0.1, -0.05) is 0 Å². The largest absolute Gasteiger partial charge is 0.384 e. The van der Waals surface area contributed by atoms with E-state index in [1.54, 1.807) is 6.20 Å². The molecule has 0 aromatic carbocycles. The molecule has 4 heteroatoms. The maximum absolute atomic E-state index is 5.64. The SMILES string of the molecule is Nc1cc(N2CCCOCC2)ccn1. The van der Waals surface area contributed by atoms with Crippen LogP contribution in [-0.4, -0.2) is 31.3 Å².